The zero-order chi connectivity index (χ0) is 14.1. The molecule has 1 aliphatic carbocycles. The number of hydrogen-bond acceptors (Lipinski definition) is 4. The zero-order valence-electron chi connectivity index (χ0n) is 12.7. The molecule has 0 saturated heterocycles. The summed E-state index contributed by atoms with van der Waals surface area (Å²) in [4.78, 5) is 0. The van der Waals surface area contributed by atoms with Crippen LogP contribution in [0, 0.1) is 5.92 Å². The smallest absolute Gasteiger partial charge is 0.0897 e. The van der Waals surface area contributed by atoms with E-state index in [1.54, 1.807) is 0 Å². The Morgan fingerprint density at radius 2 is 2.11 bits per heavy atom. The lowest BCUT2D eigenvalue weighted by molar-refractivity contribution is -0.0454. The number of ether oxygens (including phenoxy) is 1. The first-order valence-corrected chi connectivity index (χ1v) is 8.89. The SMILES string of the molecule is CCSCC(C)NCC(O)COC1CCCCC1C. The molecule has 0 aliphatic heterocycles. The first-order valence-electron chi connectivity index (χ1n) is 7.74. The van der Waals surface area contributed by atoms with Crippen LogP contribution in [0.1, 0.15) is 46.5 Å². The molecule has 0 radical (unpaired) electrons. The van der Waals surface area contributed by atoms with Gasteiger partial charge in [0.2, 0.25) is 0 Å². The van der Waals surface area contributed by atoms with Crippen LogP contribution in [0.3, 0.4) is 0 Å². The summed E-state index contributed by atoms with van der Waals surface area (Å²) in [5.74, 6) is 2.90. The minimum atomic E-state index is -0.386. The summed E-state index contributed by atoms with van der Waals surface area (Å²) in [6.07, 6.45) is 5.00. The van der Waals surface area contributed by atoms with E-state index in [9.17, 15) is 5.11 Å². The first-order chi connectivity index (χ1) is 9.13. The Hall–Kier alpha value is 0.230. The van der Waals surface area contributed by atoms with Crippen LogP contribution in [0.5, 0.6) is 0 Å². The van der Waals surface area contributed by atoms with Crippen molar-refractivity contribution < 1.29 is 9.84 Å². The molecule has 4 atom stereocenters. The molecule has 0 aromatic heterocycles. The molecule has 4 heteroatoms. The van der Waals surface area contributed by atoms with Gasteiger partial charge in [0, 0.05) is 18.3 Å². The van der Waals surface area contributed by atoms with Crippen molar-refractivity contribution in [1.82, 2.24) is 5.32 Å². The maximum Gasteiger partial charge on any atom is 0.0897 e. The van der Waals surface area contributed by atoms with Gasteiger partial charge in [-0.05, 0) is 31.4 Å². The highest BCUT2D eigenvalue weighted by molar-refractivity contribution is 7.99. The van der Waals surface area contributed by atoms with Gasteiger partial charge in [0.05, 0.1) is 18.8 Å². The fourth-order valence-corrected chi connectivity index (χ4v) is 3.22. The Labute approximate surface area is 122 Å². The summed E-state index contributed by atoms with van der Waals surface area (Å²) in [5, 5.41) is 13.3. The van der Waals surface area contributed by atoms with Crippen molar-refractivity contribution in [1.29, 1.82) is 0 Å². The standard InChI is InChI=1S/C15H31NO2S/c1-4-19-11-13(3)16-9-14(17)10-18-15-8-6-5-7-12(15)2/h12-17H,4-11H2,1-3H3. The normalized spacial score (nSPS) is 27.2. The second-order valence-electron chi connectivity index (χ2n) is 5.76. The Morgan fingerprint density at radius 1 is 1.37 bits per heavy atom. The lowest BCUT2D eigenvalue weighted by Crippen LogP contribution is -2.38. The minimum absolute atomic E-state index is 0.358. The van der Waals surface area contributed by atoms with Crippen LogP contribution in [0.4, 0.5) is 0 Å². The van der Waals surface area contributed by atoms with Gasteiger partial charge in [-0.3, -0.25) is 0 Å². The Balaban J connectivity index is 2.08. The van der Waals surface area contributed by atoms with E-state index < -0.39 is 0 Å². The molecule has 1 saturated carbocycles. The highest BCUT2D eigenvalue weighted by Gasteiger charge is 2.22. The molecule has 3 nitrogen and oxygen atoms in total. The molecular formula is C15H31NO2S. The molecule has 4 unspecified atom stereocenters. The number of hydrogen-bond donors (Lipinski definition) is 2. The van der Waals surface area contributed by atoms with Gasteiger partial charge in [-0.2, -0.15) is 11.8 Å². The van der Waals surface area contributed by atoms with Crippen LogP contribution in [0.15, 0.2) is 0 Å². The van der Waals surface area contributed by atoms with E-state index in [1.807, 2.05) is 11.8 Å². The lowest BCUT2D eigenvalue weighted by atomic mass is 9.88. The third-order valence-electron chi connectivity index (χ3n) is 3.81. The van der Waals surface area contributed by atoms with Gasteiger partial charge in [0.1, 0.15) is 0 Å². The third-order valence-corrected chi connectivity index (χ3v) is 4.95. The summed E-state index contributed by atoms with van der Waals surface area (Å²) in [5.41, 5.74) is 0. The highest BCUT2D eigenvalue weighted by atomic mass is 32.2. The molecule has 1 aliphatic rings. The number of rotatable bonds is 9. The van der Waals surface area contributed by atoms with Crippen molar-refractivity contribution in [3.05, 3.63) is 0 Å². The maximum atomic E-state index is 9.95. The van der Waals surface area contributed by atoms with Crippen LogP contribution >= 0.6 is 11.8 Å². The van der Waals surface area contributed by atoms with Crippen LogP contribution in [-0.4, -0.2) is 48.0 Å². The van der Waals surface area contributed by atoms with E-state index in [0.29, 0.717) is 31.2 Å². The van der Waals surface area contributed by atoms with E-state index in [0.717, 1.165) is 17.9 Å². The van der Waals surface area contributed by atoms with E-state index in [4.69, 9.17) is 4.74 Å². The largest absolute Gasteiger partial charge is 0.389 e. The molecular weight excluding hydrogens is 258 g/mol. The predicted octanol–water partition coefficient (Wildman–Crippen LogP) is 2.67. The molecule has 2 N–H and O–H groups in total. The highest BCUT2D eigenvalue weighted by Crippen LogP contribution is 2.26. The van der Waals surface area contributed by atoms with Crippen LogP contribution in [-0.2, 0) is 4.74 Å². The first kappa shape index (κ1) is 17.3. The van der Waals surface area contributed by atoms with E-state index in [-0.39, 0.29) is 6.10 Å². The van der Waals surface area contributed by atoms with Gasteiger partial charge >= 0.3 is 0 Å². The van der Waals surface area contributed by atoms with Crippen LogP contribution in [0.2, 0.25) is 0 Å². The number of aliphatic hydroxyl groups excluding tert-OH is 1. The monoisotopic (exact) mass is 289 g/mol. The van der Waals surface area contributed by atoms with Crippen molar-refractivity contribution in [3.8, 4) is 0 Å². The Bertz CT molecular complexity index is 228. The Morgan fingerprint density at radius 3 is 2.79 bits per heavy atom. The second kappa shape index (κ2) is 10.0. The van der Waals surface area contributed by atoms with E-state index in [1.165, 1.54) is 19.3 Å². The second-order valence-corrected chi connectivity index (χ2v) is 7.08. The van der Waals surface area contributed by atoms with Gasteiger partial charge < -0.3 is 15.2 Å². The van der Waals surface area contributed by atoms with Gasteiger partial charge in [-0.25, -0.2) is 0 Å². The summed E-state index contributed by atoms with van der Waals surface area (Å²) in [6, 6.07) is 0.452. The lowest BCUT2D eigenvalue weighted by Gasteiger charge is -2.29. The molecule has 0 amide bonds. The van der Waals surface area contributed by atoms with Crippen molar-refractivity contribution in [3.63, 3.8) is 0 Å². The average Bonchev–Trinajstić information content (AvgIpc) is 2.42. The van der Waals surface area contributed by atoms with Gasteiger partial charge in [-0.1, -0.05) is 26.7 Å². The van der Waals surface area contributed by atoms with Crippen molar-refractivity contribution in [2.75, 3.05) is 24.7 Å². The molecule has 0 aromatic rings. The molecule has 0 spiro atoms. The molecule has 0 heterocycles. The quantitative estimate of drug-likeness (QED) is 0.685. The van der Waals surface area contributed by atoms with Gasteiger partial charge in [0.25, 0.3) is 0 Å². The number of nitrogens with one attached hydrogen (secondary N) is 1. The summed E-state index contributed by atoms with van der Waals surface area (Å²) < 4.78 is 5.88. The molecule has 114 valence electrons. The molecule has 1 rings (SSSR count). The van der Waals surface area contributed by atoms with Crippen molar-refractivity contribution in [2.45, 2.75) is 64.7 Å². The van der Waals surface area contributed by atoms with Gasteiger partial charge in [-0.15, -0.1) is 0 Å². The fraction of sp³-hybridized carbons (Fsp3) is 1.00. The topological polar surface area (TPSA) is 41.5 Å². The molecule has 0 bridgehead atoms. The summed E-state index contributed by atoms with van der Waals surface area (Å²) in [6.45, 7) is 7.70. The predicted molar refractivity (Wildman–Crippen MR) is 83.8 cm³/mol. The van der Waals surface area contributed by atoms with Crippen molar-refractivity contribution >= 4 is 11.8 Å². The minimum Gasteiger partial charge on any atom is -0.389 e. The van der Waals surface area contributed by atoms with Crippen LogP contribution in [0.25, 0.3) is 0 Å². The van der Waals surface area contributed by atoms with E-state index in [2.05, 4.69) is 26.1 Å². The maximum absolute atomic E-state index is 9.95. The zero-order valence-corrected chi connectivity index (χ0v) is 13.5. The number of thioether (sulfide) groups is 1. The molecule has 0 aromatic carbocycles. The Kier molecular flexibility index (Phi) is 9.12. The van der Waals surface area contributed by atoms with Crippen molar-refractivity contribution in [2.24, 2.45) is 5.92 Å². The fourth-order valence-electron chi connectivity index (χ4n) is 2.51. The molecule has 1 fully saturated rings. The summed E-state index contributed by atoms with van der Waals surface area (Å²) >= 11 is 1.93. The third kappa shape index (κ3) is 7.54. The van der Waals surface area contributed by atoms with Crippen LogP contribution < -0.4 is 5.32 Å². The van der Waals surface area contributed by atoms with Gasteiger partial charge in [0.15, 0.2) is 0 Å². The number of aliphatic hydroxyl groups is 1. The molecule has 19 heavy (non-hydrogen) atoms. The average molecular weight is 289 g/mol. The van der Waals surface area contributed by atoms with E-state index >= 15 is 0 Å². The summed E-state index contributed by atoms with van der Waals surface area (Å²) in [7, 11) is 0.